The molecule has 2 aromatic carbocycles. The number of hydrogen-bond acceptors (Lipinski definition) is 2. The van der Waals surface area contributed by atoms with Crippen LogP contribution >= 0.6 is 11.6 Å². The molecule has 0 atom stereocenters. The van der Waals surface area contributed by atoms with Gasteiger partial charge in [0.05, 0.1) is 0 Å². The number of carbonyl (C=O) groups is 1. The first kappa shape index (κ1) is 14.7. The van der Waals surface area contributed by atoms with Crippen molar-refractivity contribution in [2.75, 3.05) is 6.54 Å². The Kier molecular flexibility index (Phi) is 4.88. The second kappa shape index (κ2) is 6.64. The van der Waals surface area contributed by atoms with Crippen LogP contribution in [0.2, 0.25) is 5.02 Å². The lowest BCUT2D eigenvalue weighted by molar-refractivity contribution is 0.0991. The molecule has 0 unspecified atom stereocenters. The van der Waals surface area contributed by atoms with Crippen molar-refractivity contribution in [1.82, 2.24) is 0 Å². The SMILES string of the molecule is NCCc1ccccc1C(=O)Cc1ccc(Cl)cc1F. The first-order valence-corrected chi connectivity index (χ1v) is 6.74. The van der Waals surface area contributed by atoms with E-state index in [0.29, 0.717) is 29.1 Å². The van der Waals surface area contributed by atoms with E-state index < -0.39 is 5.82 Å². The van der Waals surface area contributed by atoms with Gasteiger partial charge in [-0.1, -0.05) is 41.9 Å². The Morgan fingerprint density at radius 1 is 1.15 bits per heavy atom. The summed E-state index contributed by atoms with van der Waals surface area (Å²) in [6.07, 6.45) is 0.648. The van der Waals surface area contributed by atoms with Crippen molar-refractivity contribution in [3.8, 4) is 0 Å². The Bertz CT molecular complexity index is 628. The quantitative estimate of drug-likeness (QED) is 0.858. The predicted molar refractivity (Wildman–Crippen MR) is 78.6 cm³/mol. The maximum Gasteiger partial charge on any atom is 0.167 e. The number of hydrogen-bond donors (Lipinski definition) is 1. The molecule has 104 valence electrons. The lowest BCUT2D eigenvalue weighted by Crippen LogP contribution is -2.11. The highest BCUT2D eigenvalue weighted by Gasteiger charge is 2.13. The molecule has 4 heteroatoms. The molecule has 0 saturated heterocycles. The highest BCUT2D eigenvalue weighted by molar-refractivity contribution is 6.30. The fourth-order valence-electron chi connectivity index (χ4n) is 2.10. The summed E-state index contributed by atoms with van der Waals surface area (Å²) in [4.78, 5) is 12.3. The van der Waals surface area contributed by atoms with E-state index in [1.54, 1.807) is 24.3 Å². The van der Waals surface area contributed by atoms with Crippen LogP contribution < -0.4 is 5.73 Å². The van der Waals surface area contributed by atoms with Crippen LogP contribution in [0, 0.1) is 5.82 Å². The van der Waals surface area contributed by atoms with Crippen molar-refractivity contribution >= 4 is 17.4 Å². The topological polar surface area (TPSA) is 43.1 Å². The van der Waals surface area contributed by atoms with Crippen LogP contribution in [-0.2, 0) is 12.8 Å². The molecule has 0 spiro atoms. The van der Waals surface area contributed by atoms with Gasteiger partial charge < -0.3 is 5.73 Å². The molecule has 0 heterocycles. The molecular formula is C16H15ClFNO. The monoisotopic (exact) mass is 291 g/mol. The van der Waals surface area contributed by atoms with Gasteiger partial charge in [0, 0.05) is 17.0 Å². The van der Waals surface area contributed by atoms with Gasteiger partial charge in [-0.15, -0.1) is 0 Å². The Labute approximate surface area is 122 Å². The molecule has 0 radical (unpaired) electrons. The number of Topliss-reactive ketones (excluding diaryl/α,β-unsaturated/α-hetero) is 1. The summed E-state index contributed by atoms with van der Waals surface area (Å²) < 4.78 is 13.7. The summed E-state index contributed by atoms with van der Waals surface area (Å²) >= 11 is 5.70. The maximum absolute atomic E-state index is 13.7. The first-order valence-electron chi connectivity index (χ1n) is 6.37. The van der Waals surface area contributed by atoms with Gasteiger partial charge in [0.1, 0.15) is 5.82 Å². The summed E-state index contributed by atoms with van der Waals surface area (Å²) in [5.41, 5.74) is 7.39. The minimum Gasteiger partial charge on any atom is -0.330 e. The maximum atomic E-state index is 13.7. The minimum absolute atomic E-state index is 0.0184. The molecule has 0 aliphatic heterocycles. The van der Waals surface area contributed by atoms with E-state index in [0.717, 1.165) is 5.56 Å². The summed E-state index contributed by atoms with van der Waals surface area (Å²) in [6.45, 7) is 0.472. The number of halogens is 2. The second-order valence-electron chi connectivity index (χ2n) is 4.53. The van der Waals surface area contributed by atoms with E-state index >= 15 is 0 Å². The van der Waals surface area contributed by atoms with Crippen LogP contribution in [0.5, 0.6) is 0 Å². The normalized spacial score (nSPS) is 10.6. The van der Waals surface area contributed by atoms with Gasteiger partial charge in [0.2, 0.25) is 0 Å². The number of rotatable bonds is 5. The smallest absolute Gasteiger partial charge is 0.167 e. The van der Waals surface area contributed by atoms with Gasteiger partial charge in [0.15, 0.2) is 5.78 Å². The highest BCUT2D eigenvalue weighted by Crippen LogP contribution is 2.18. The summed E-state index contributed by atoms with van der Waals surface area (Å²) in [5, 5.41) is 0.322. The van der Waals surface area contributed by atoms with Crippen LogP contribution in [0.4, 0.5) is 4.39 Å². The zero-order valence-corrected chi connectivity index (χ0v) is 11.7. The van der Waals surface area contributed by atoms with Crippen LogP contribution in [0.1, 0.15) is 21.5 Å². The van der Waals surface area contributed by atoms with E-state index in [1.165, 1.54) is 6.07 Å². The molecule has 2 rings (SSSR count). The molecule has 2 N–H and O–H groups in total. The molecule has 0 bridgehead atoms. The van der Waals surface area contributed by atoms with Crippen molar-refractivity contribution < 1.29 is 9.18 Å². The molecule has 0 aromatic heterocycles. The molecule has 0 amide bonds. The summed E-state index contributed by atoms with van der Waals surface area (Å²) in [7, 11) is 0. The Balaban J connectivity index is 2.24. The average molecular weight is 292 g/mol. The lowest BCUT2D eigenvalue weighted by atomic mass is 9.97. The van der Waals surface area contributed by atoms with E-state index in [9.17, 15) is 9.18 Å². The number of benzene rings is 2. The molecule has 20 heavy (non-hydrogen) atoms. The largest absolute Gasteiger partial charge is 0.330 e. The first-order chi connectivity index (χ1) is 9.61. The van der Waals surface area contributed by atoms with E-state index in [4.69, 9.17) is 17.3 Å². The van der Waals surface area contributed by atoms with Gasteiger partial charge in [-0.2, -0.15) is 0 Å². The third-order valence-electron chi connectivity index (χ3n) is 3.10. The van der Waals surface area contributed by atoms with Gasteiger partial charge in [-0.25, -0.2) is 4.39 Å². The molecule has 0 saturated carbocycles. The molecule has 0 fully saturated rings. The Morgan fingerprint density at radius 3 is 2.60 bits per heavy atom. The summed E-state index contributed by atoms with van der Waals surface area (Å²) in [5.74, 6) is -0.572. The van der Waals surface area contributed by atoms with Crippen LogP contribution in [0.15, 0.2) is 42.5 Å². The number of carbonyl (C=O) groups excluding carboxylic acids is 1. The van der Waals surface area contributed by atoms with Crippen molar-refractivity contribution in [1.29, 1.82) is 0 Å². The third-order valence-corrected chi connectivity index (χ3v) is 3.33. The molecule has 2 nitrogen and oxygen atoms in total. The van der Waals surface area contributed by atoms with Crippen LogP contribution in [-0.4, -0.2) is 12.3 Å². The van der Waals surface area contributed by atoms with Crippen molar-refractivity contribution in [2.24, 2.45) is 5.73 Å². The lowest BCUT2D eigenvalue weighted by Gasteiger charge is -2.08. The molecule has 2 aromatic rings. The fourth-order valence-corrected chi connectivity index (χ4v) is 2.26. The highest BCUT2D eigenvalue weighted by atomic mass is 35.5. The van der Waals surface area contributed by atoms with E-state index in [-0.39, 0.29) is 12.2 Å². The zero-order valence-electron chi connectivity index (χ0n) is 10.9. The standard InChI is InChI=1S/C16H15ClFNO/c17-13-6-5-12(15(18)10-13)9-16(20)14-4-2-1-3-11(14)7-8-19/h1-6,10H,7-9,19H2. The van der Waals surface area contributed by atoms with E-state index in [2.05, 4.69) is 0 Å². The zero-order chi connectivity index (χ0) is 14.5. The molecule has 0 aliphatic rings. The number of nitrogens with two attached hydrogens (primary N) is 1. The van der Waals surface area contributed by atoms with Crippen molar-refractivity contribution in [3.05, 3.63) is 70.0 Å². The van der Waals surface area contributed by atoms with Crippen LogP contribution in [0.3, 0.4) is 0 Å². The minimum atomic E-state index is -0.456. The third kappa shape index (κ3) is 3.44. The Hall–Kier alpha value is -1.71. The molecule has 0 aliphatic carbocycles. The fraction of sp³-hybridized carbons (Fsp3) is 0.188. The van der Waals surface area contributed by atoms with Gasteiger partial charge in [-0.05, 0) is 36.2 Å². The number of ketones is 1. The molecular weight excluding hydrogens is 277 g/mol. The van der Waals surface area contributed by atoms with Crippen molar-refractivity contribution in [2.45, 2.75) is 12.8 Å². The van der Waals surface area contributed by atoms with E-state index in [1.807, 2.05) is 12.1 Å². The van der Waals surface area contributed by atoms with Gasteiger partial charge >= 0.3 is 0 Å². The van der Waals surface area contributed by atoms with Gasteiger partial charge in [-0.3, -0.25) is 4.79 Å². The van der Waals surface area contributed by atoms with Crippen molar-refractivity contribution in [3.63, 3.8) is 0 Å². The van der Waals surface area contributed by atoms with Gasteiger partial charge in [0.25, 0.3) is 0 Å². The Morgan fingerprint density at radius 2 is 1.90 bits per heavy atom. The summed E-state index contributed by atoms with van der Waals surface area (Å²) in [6, 6.07) is 11.6. The predicted octanol–water partition coefficient (Wildman–Crippen LogP) is 3.41. The second-order valence-corrected chi connectivity index (χ2v) is 4.97. The average Bonchev–Trinajstić information content (AvgIpc) is 2.43. The van der Waals surface area contributed by atoms with Crippen LogP contribution in [0.25, 0.3) is 0 Å².